The molecule has 2 N–H and O–H groups in total. The number of hydrogen-bond acceptors (Lipinski definition) is 6. The van der Waals surface area contributed by atoms with Gasteiger partial charge in [-0.25, -0.2) is 9.48 Å². The van der Waals surface area contributed by atoms with Gasteiger partial charge in [-0.1, -0.05) is 43.3 Å². The average Bonchev–Trinajstić information content (AvgIpc) is 3.68. The van der Waals surface area contributed by atoms with Crippen molar-refractivity contribution in [2.24, 2.45) is 0 Å². The van der Waals surface area contributed by atoms with Crippen LogP contribution in [0.2, 0.25) is 0 Å². The molecule has 1 fully saturated rings. The van der Waals surface area contributed by atoms with E-state index in [1.165, 1.54) is 5.56 Å². The molecule has 0 saturated carbocycles. The number of pyridine rings is 1. The van der Waals surface area contributed by atoms with Crippen LogP contribution in [0.15, 0.2) is 76.7 Å². The summed E-state index contributed by atoms with van der Waals surface area (Å²) in [6.07, 6.45) is 5.94. The lowest BCUT2D eigenvalue weighted by molar-refractivity contribution is 0.0834. The van der Waals surface area contributed by atoms with E-state index in [-0.39, 0.29) is 11.4 Å². The van der Waals surface area contributed by atoms with Crippen molar-refractivity contribution in [1.29, 1.82) is 0 Å². The summed E-state index contributed by atoms with van der Waals surface area (Å²) in [4.78, 5) is 15.4. The van der Waals surface area contributed by atoms with Crippen LogP contribution in [0.3, 0.4) is 0 Å². The first-order chi connectivity index (χ1) is 20.8. The molecule has 2 aromatic carbocycles. The van der Waals surface area contributed by atoms with E-state index in [2.05, 4.69) is 70.4 Å². The number of urea groups is 1. The molecule has 43 heavy (non-hydrogen) atoms. The molecule has 1 saturated heterocycles. The summed E-state index contributed by atoms with van der Waals surface area (Å²) in [5, 5.41) is 19.9. The number of carbonyl (C=O) groups excluding carboxylic acids is 1. The minimum Gasteiger partial charge on any atom is -0.381 e. The Balaban J connectivity index is 1.05. The average molecular weight is 594 g/mol. The van der Waals surface area contributed by atoms with Crippen LogP contribution in [0.1, 0.15) is 61.7 Å². The summed E-state index contributed by atoms with van der Waals surface area (Å²) in [5.74, 6) is 2.10. The van der Waals surface area contributed by atoms with Crippen LogP contribution in [0.4, 0.5) is 16.3 Å². The molecule has 1 aliphatic carbocycles. The van der Waals surface area contributed by atoms with E-state index in [1.807, 2.05) is 47.1 Å². The lowest BCUT2D eigenvalue weighted by Gasteiger charge is -2.20. The zero-order valence-electron chi connectivity index (χ0n) is 24.6. The second-order valence-corrected chi connectivity index (χ2v) is 13.2. The highest BCUT2D eigenvalue weighted by molar-refractivity contribution is 7.99. The lowest BCUT2D eigenvalue weighted by atomic mass is 9.91. The highest BCUT2D eigenvalue weighted by atomic mass is 32.2. The number of nitrogens with zero attached hydrogens (tertiary/aromatic N) is 5. The SMILES string of the molecule is Cc1ccc(-n2nc3c(c2NC(=O)Nc2ccc(Sc4ccc5nnc(C6CCOCC6)n5c4)cc2)CCC3(C)C)cc1. The number of rotatable bonds is 6. The van der Waals surface area contributed by atoms with Crippen molar-refractivity contribution in [3.63, 3.8) is 0 Å². The highest BCUT2D eigenvalue weighted by Gasteiger charge is 2.37. The number of fused-ring (bicyclic) bond motifs is 2. The van der Waals surface area contributed by atoms with Crippen molar-refractivity contribution in [1.82, 2.24) is 24.4 Å². The fraction of sp³-hybridized carbons (Fsp3) is 0.333. The van der Waals surface area contributed by atoms with Gasteiger partial charge in [0.15, 0.2) is 5.65 Å². The van der Waals surface area contributed by atoms with Gasteiger partial charge in [0.05, 0.1) is 11.4 Å². The Morgan fingerprint density at radius 3 is 2.47 bits per heavy atom. The van der Waals surface area contributed by atoms with Crippen molar-refractivity contribution in [3.8, 4) is 5.69 Å². The standard InChI is InChI=1S/C33H35N7O2S/c1-21-4-8-24(9-5-21)40-31(27-14-17-33(2,3)29(27)38-40)35-32(41)34-23-6-10-25(11-7-23)43-26-12-13-28-36-37-30(39(28)20-26)22-15-18-42-19-16-22/h4-13,20,22H,14-19H2,1-3H3,(H2,34,35,41). The third kappa shape index (κ3) is 5.52. The molecular formula is C33H35N7O2S. The number of hydrogen-bond donors (Lipinski definition) is 2. The molecule has 0 spiro atoms. The Morgan fingerprint density at radius 2 is 1.70 bits per heavy atom. The predicted molar refractivity (Wildman–Crippen MR) is 169 cm³/mol. The summed E-state index contributed by atoms with van der Waals surface area (Å²) in [5.41, 5.74) is 5.81. The molecule has 0 bridgehead atoms. The van der Waals surface area contributed by atoms with Gasteiger partial charge in [-0.05, 0) is 81.1 Å². The number of anilines is 2. The Hall–Kier alpha value is -4.15. The van der Waals surface area contributed by atoms with Crippen LogP contribution < -0.4 is 10.6 Å². The molecule has 1 aliphatic heterocycles. The number of benzene rings is 2. The molecule has 9 nitrogen and oxygen atoms in total. The van der Waals surface area contributed by atoms with Gasteiger partial charge in [0.25, 0.3) is 0 Å². The van der Waals surface area contributed by atoms with Crippen molar-refractivity contribution >= 4 is 34.9 Å². The van der Waals surface area contributed by atoms with E-state index in [0.29, 0.717) is 5.92 Å². The topological polar surface area (TPSA) is 98.4 Å². The molecule has 0 atom stereocenters. The molecule has 0 unspecified atom stereocenters. The summed E-state index contributed by atoms with van der Waals surface area (Å²) in [7, 11) is 0. The normalized spacial score (nSPS) is 16.3. The van der Waals surface area contributed by atoms with Crippen molar-refractivity contribution < 1.29 is 9.53 Å². The number of amides is 2. The van der Waals surface area contributed by atoms with Crippen molar-refractivity contribution in [2.45, 2.75) is 67.6 Å². The van der Waals surface area contributed by atoms with Crippen LogP contribution >= 0.6 is 11.8 Å². The molecule has 3 aromatic heterocycles. The maximum atomic E-state index is 13.2. The van der Waals surface area contributed by atoms with Crippen LogP contribution in [-0.2, 0) is 16.6 Å². The maximum absolute atomic E-state index is 13.2. The highest BCUT2D eigenvalue weighted by Crippen LogP contribution is 2.42. The van der Waals surface area contributed by atoms with E-state index in [0.717, 1.165) is 88.6 Å². The van der Waals surface area contributed by atoms with Crippen LogP contribution in [0.5, 0.6) is 0 Å². The van der Waals surface area contributed by atoms with Gasteiger partial charge in [0.1, 0.15) is 11.6 Å². The summed E-state index contributed by atoms with van der Waals surface area (Å²) < 4.78 is 9.50. The molecule has 10 heteroatoms. The van der Waals surface area contributed by atoms with E-state index < -0.39 is 0 Å². The van der Waals surface area contributed by atoms with Crippen LogP contribution in [-0.4, -0.2) is 43.6 Å². The largest absolute Gasteiger partial charge is 0.381 e. The summed E-state index contributed by atoms with van der Waals surface area (Å²) in [6, 6.07) is 19.9. The van der Waals surface area contributed by atoms with Gasteiger partial charge in [0, 0.05) is 51.8 Å². The quantitative estimate of drug-likeness (QED) is 0.217. The van der Waals surface area contributed by atoms with Gasteiger partial charge < -0.3 is 10.1 Å². The Kier molecular flexibility index (Phi) is 7.18. The molecular weight excluding hydrogens is 558 g/mol. The first kappa shape index (κ1) is 27.7. The van der Waals surface area contributed by atoms with E-state index >= 15 is 0 Å². The van der Waals surface area contributed by atoms with Crippen molar-refractivity contribution in [2.75, 3.05) is 23.8 Å². The molecule has 2 aliphatic rings. The van der Waals surface area contributed by atoms with Crippen LogP contribution in [0.25, 0.3) is 11.3 Å². The second-order valence-electron chi connectivity index (χ2n) is 12.1. The smallest absolute Gasteiger partial charge is 0.324 e. The first-order valence-corrected chi connectivity index (χ1v) is 15.6. The van der Waals surface area contributed by atoms with Crippen molar-refractivity contribution in [3.05, 3.63) is 89.5 Å². The fourth-order valence-electron chi connectivity index (χ4n) is 5.98. The predicted octanol–water partition coefficient (Wildman–Crippen LogP) is 7.14. The maximum Gasteiger partial charge on any atom is 0.324 e. The molecule has 2 amide bonds. The van der Waals surface area contributed by atoms with Crippen LogP contribution in [0, 0.1) is 6.92 Å². The zero-order chi connectivity index (χ0) is 29.6. The Labute approximate surface area is 255 Å². The third-order valence-electron chi connectivity index (χ3n) is 8.47. The summed E-state index contributed by atoms with van der Waals surface area (Å²) in [6.45, 7) is 8.02. The second kappa shape index (κ2) is 11.2. The lowest BCUT2D eigenvalue weighted by Crippen LogP contribution is -2.22. The number of aromatic nitrogens is 5. The first-order valence-electron chi connectivity index (χ1n) is 14.8. The van der Waals surface area contributed by atoms with Gasteiger partial charge >= 0.3 is 6.03 Å². The fourth-order valence-corrected chi connectivity index (χ4v) is 6.82. The van der Waals surface area contributed by atoms with Gasteiger partial charge in [-0.2, -0.15) is 5.10 Å². The number of nitrogens with one attached hydrogen (secondary N) is 2. The zero-order valence-corrected chi connectivity index (χ0v) is 25.4. The minimum absolute atomic E-state index is 0.0308. The van der Waals surface area contributed by atoms with Gasteiger partial charge in [0.2, 0.25) is 0 Å². The van der Waals surface area contributed by atoms with E-state index in [4.69, 9.17) is 9.84 Å². The van der Waals surface area contributed by atoms with E-state index in [1.54, 1.807) is 11.8 Å². The molecule has 5 aromatic rings. The molecule has 7 rings (SSSR count). The Morgan fingerprint density at radius 1 is 0.953 bits per heavy atom. The monoisotopic (exact) mass is 593 g/mol. The molecule has 220 valence electrons. The number of ether oxygens (including phenoxy) is 1. The minimum atomic E-state index is -0.292. The van der Waals surface area contributed by atoms with Gasteiger partial charge in [-0.15, -0.1) is 10.2 Å². The number of carbonyl (C=O) groups is 1. The molecule has 0 radical (unpaired) electrons. The van der Waals surface area contributed by atoms with Gasteiger partial charge in [-0.3, -0.25) is 9.72 Å². The summed E-state index contributed by atoms with van der Waals surface area (Å²) >= 11 is 1.67. The molecule has 4 heterocycles. The number of aryl methyl sites for hydroxylation is 1. The Bertz CT molecular complexity index is 1780. The van der Waals surface area contributed by atoms with E-state index in [9.17, 15) is 4.79 Å². The third-order valence-corrected chi connectivity index (χ3v) is 9.46.